The monoisotopic (exact) mass is 262 g/mol. The van der Waals surface area contributed by atoms with Crippen LogP contribution in [0, 0.1) is 0 Å². The molecule has 0 radical (unpaired) electrons. The Kier molecular flexibility index (Phi) is 2.97. The predicted molar refractivity (Wildman–Crippen MR) is 71.9 cm³/mol. The van der Waals surface area contributed by atoms with E-state index < -0.39 is 6.09 Å². The Morgan fingerprint density at radius 2 is 2.05 bits per heavy atom. The first-order chi connectivity index (χ1) is 9.19. The van der Waals surface area contributed by atoms with Crippen LogP contribution in [-0.4, -0.2) is 47.9 Å². The van der Waals surface area contributed by atoms with E-state index in [1.807, 2.05) is 19.1 Å². The number of carbonyl (C=O) groups is 1. The molecular weight excluding hydrogens is 244 g/mol. The Balaban J connectivity index is 1.71. The standard InChI is InChI=1S/C14H18N2O3/c1-2-19-13-5-3-10(4-6-13)15-8-12-7-11(15)9-16(12)14(17)18/h3-6,11-12H,2,7-9H2,1H3,(H,17,18)/t11-,12-/m0/s1. The fourth-order valence-electron chi connectivity index (χ4n) is 3.12. The Morgan fingerprint density at radius 3 is 2.58 bits per heavy atom. The summed E-state index contributed by atoms with van der Waals surface area (Å²) in [4.78, 5) is 14.9. The number of benzene rings is 1. The lowest BCUT2D eigenvalue weighted by atomic mass is 10.2. The maximum Gasteiger partial charge on any atom is 0.407 e. The van der Waals surface area contributed by atoms with E-state index in [1.165, 1.54) is 0 Å². The number of hydrogen-bond donors (Lipinski definition) is 1. The lowest BCUT2D eigenvalue weighted by molar-refractivity contribution is 0.137. The molecule has 0 saturated carbocycles. The van der Waals surface area contributed by atoms with E-state index in [4.69, 9.17) is 9.84 Å². The Hall–Kier alpha value is -1.91. The molecule has 1 amide bonds. The molecule has 19 heavy (non-hydrogen) atoms. The second kappa shape index (κ2) is 4.64. The van der Waals surface area contributed by atoms with Gasteiger partial charge >= 0.3 is 6.09 Å². The van der Waals surface area contributed by atoms with E-state index >= 15 is 0 Å². The molecule has 2 aliphatic rings. The minimum Gasteiger partial charge on any atom is -0.494 e. The zero-order valence-electron chi connectivity index (χ0n) is 11.0. The van der Waals surface area contributed by atoms with Crippen molar-refractivity contribution in [3.05, 3.63) is 24.3 Å². The number of amides is 1. The summed E-state index contributed by atoms with van der Waals surface area (Å²) in [6.07, 6.45) is 0.151. The van der Waals surface area contributed by atoms with Gasteiger partial charge in [0.1, 0.15) is 5.75 Å². The van der Waals surface area contributed by atoms with Gasteiger partial charge in [0.05, 0.1) is 12.6 Å². The molecule has 0 unspecified atom stereocenters. The smallest absolute Gasteiger partial charge is 0.407 e. The Labute approximate surface area is 112 Å². The highest BCUT2D eigenvalue weighted by atomic mass is 16.5. The van der Waals surface area contributed by atoms with Gasteiger partial charge in [0, 0.05) is 24.8 Å². The first kappa shape index (κ1) is 12.1. The van der Waals surface area contributed by atoms with Crippen molar-refractivity contribution in [2.75, 3.05) is 24.6 Å². The zero-order valence-corrected chi connectivity index (χ0v) is 11.0. The molecule has 2 aliphatic heterocycles. The van der Waals surface area contributed by atoms with Crippen molar-refractivity contribution in [2.45, 2.75) is 25.4 Å². The van der Waals surface area contributed by atoms with E-state index in [0.717, 1.165) is 24.4 Å². The van der Waals surface area contributed by atoms with Gasteiger partial charge in [0.25, 0.3) is 0 Å². The van der Waals surface area contributed by atoms with Crippen molar-refractivity contribution in [3.63, 3.8) is 0 Å². The van der Waals surface area contributed by atoms with Crippen LogP contribution in [0.3, 0.4) is 0 Å². The van der Waals surface area contributed by atoms with Crippen molar-refractivity contribution in [3.8, 4) is 5.75 Å². The maximum atomic E-state index is 11.0. The highest BCUT2D eigenvalue weighted by Crippen LogP contribution is 2.35. The maximum absolute atomic E-state index is 11.0. The highest BCUT2D eigenvalue weighted by molar-refractivity contribution is 5.67. The van der Waals surface area contributed by atoms with Gasteiger partial charge in [0.15, 0.2) is 0 Å². The summed E-state index contributed by atoms with van der Waals surface area (Å²) in [5, 5.41) is 9.08. The van der Waals surface area contributed by atoms with Gasteiger partial charge < -0.3 is 19.6 Å². The molecule has 1 aromatic carbocycles. The van der Waals surface area contributed by atoms with Gasteiger partial charge in [0.2, 0.25) is 0 Å². The van der Waals surface area contributed by atoms with Crippen LogP contribution in [0.2, 0.25) is 0 Å². The van der Waals surface area contributed by atoms with E-state index in [1.54, 1.807) is 4.90 Å². The molecule has 2 fully saturated rings. The second-order valence-electron chi connectivity index (χ2n) is 5.06. The summed E-state index contributed by atoms with van der Waals surface area (Å²) >= 11 is 0. The number of hydrogen-bond acceptors (Lipinski definition) is 3. The van der Waals surface area contributed by atoms with Crippen molar-refractivity contribution < 1.29 is 14.6 Å². The SMILES string of the molecule is CCOc1ccc(N2C[C@@H]3C[C@H]2CN3C(=O)O)cc1. The molecule has 1 N–H and O–H groups in total. The van der Waals surface area contributed by atoms with Crippen LogP contribution in [0.25, 0.3) is 0 Å². The fraction of sp³-hybridized carbons (Fsp3) is 0.500. The van der Waals surface area contributed by atoms with Gasteiger partial charge in [-0.2, -0.15) is 0 Å². The van der Waals surface area contributed by atoms with Crippen molar-refractivity contribution in [1.82, 2.24) is 4.90 Å². The van der Waals surface area contributed by atoms with Gasteiger partial charge in [-0.05, 0) is 37.6 Å². The second-order valence-corrected chi connectivity index (χ2v) is 5.06. The molecule has 2 atom stereocenters. The van der Waals surface area contributed by atoms with Crippen LogP contribution in [0.15, 0.2) is 24.3 Å². The zero-order chi connectivity index (χ0) is 13.4. The number of carboxylic acid groups (broad SMARTS) is 1. The van der Waals surface area contributed by atoms with Crippen LogP contribution < -0.4 is 9.64 Å². The number of fused-ring (bicyclic) bond motifs is 2. The summed E-state index contributed by atoms with van der Waals surface area (Å²) in [7, 11) is 0. The number of anilines is 1. The van der Waals surface area contributed by atoms with Gasteiger partial charge in [-0.15, -0.1) is 0 Å². The van der Waals surface area contributed by atoms with Crippen LogP contribution >= 0.6 is 0 Å². The van der Waals surface area contributed by atoms with E-state index in [9.17, 15) is 4.79 Å². The lowest BCUT2D eigenvalue weighted by Crippen LogP contribution is -2.48. The van der Waals surface area contributed by atoms with Gasteiger partial charge in [-0.3, -0.25) is 0 Å². The number of ether oxygens (including phenoxy) is 1. The minimum atomic E-state index is -0.793. The summed E-state index contributed by atoms with van der Waals surface area (Å²) < 4.78 is 5.43. The third-order valence-corrected chi connectivity index (χ3v) is 3.97. The summed E-state index contributed by atoms with van der Waals surface area (Å²) in [6.45, 7) is 4.05. The van der Waals surface area contributed by atoms with Crippen LogP contribution in [0.5, 0.6) is 5.75 Å². The molecule has 2 saturated heterocycles. The topological polar surface area (TPSA) is 53.0 Å². The lowest BCUT2D eigenvalue weighted by Gasteiger charge is -2.34. The summed E-state index contributed by atoms with van der Waals surface area (Å²) in [5.74, 6) is 0.878. The molecule has 2 bridgehead atoms. The van der Waals surface area contributed by atoms with E-state index in [-0.39, 0.29) is 6.04 Å². The van der Waals surface area contributed by atoms with Gasteiger partial charge in [-0.25, -0.2) is 4.79 Å². The molecule has 0 aromatic heterocycles. The Morgan fingerprint density at radius 1 is 1.32 bits per heavy atom. The average Bonchev–Trinajstić information content (AvgIpc) is 2.99. The van der Waals surface area contributed by atoms with Crippen LogP contribution in [0.4, 0.5) is 10.5 Å². The first-order valence-corrected chi connectivity index (χ1v) is 6.68. The largest absolute Gasteiger partial charge is 0.494 e. The highest BCUT2D eigenvalue weighted by Gasteiger charge is 2.45. The molecule has 102 valence electrons. The fourth-order valence-corrected chi connectivity index (χ4v) is 3.12. The average molecular weight is 262 g/mol. The minimum absolute atomic E-state index is 0.147. The number of piperazine rings is 1. The molecule has 3 rings (SSSR count). The number of likely N-dealkylation sites (tertiary alicyclic amines) is 1. The molecule has 5 heteroatoms. The molecular formula is C14H18N2O3. The summed E-state index contributed by atoms with van der Waals surface area (Å²) in [6, 6.07) is 8.51. The quantitative estimate of drug-likeness (QED) is 0.905. The van der Waals surface area contributed by atoms with Crippen LogP contribution in [-0.2, 0) is 0 Å². The van der Waals surface area contributed by atoms with E-state index in [2.05, 4.69) is 17.0 Å². The van der Waals surface area contributed by atoms with Crippen LogP contribution in [0.1, 0.15) is 13.3 Å². The third kappa shape index (κ3) is 2.09. The van der Waals surface area contributed by atoms with Crippen molar-refractivity contribution >= 4 is 11.8 Å². The van der Waals surface area contributed by atoms with Gasteiger partial charge in [-0.1, -0.05) is 0 Å². The predicted octanol–water partition coefficient (Wildman–Crippen LogP) is 2.03. The normalized spacial score (nSPS) is 24.9. The molecule has 1 aromatic rings. The molecule has 0 aliphatic carbocycles. The molecule has 2 heterocycles. The molecule has 0 spiro atoms. The number of nitrogens with zero attached hydrogens (tertiary/aromatic N) is 2. The number of rotatable bonds is 3. The third-order valence-electron chi connectivity index (χ3n) is 3.97. The van der Waals surface area contributed by atoms with E-state index in [0.29, 0.717) is 19.2 Å². The molecule has 5 nitrogen and oxygen atoms in total. The van der Waals surface area contributed by atoms with Crippen molar-refractivity contribution in [1.29, 1.82) is 0 Å². The summed E-state index contributed by atoms with van der Waals surface area (Å²) in [5.41, 5.74) is 1.15. The Bertz CT molecular complexity index is 474. The van der Waals surface area contributed by atoms with Crippen molar-refractivity contribution in [2.24, 2.45) is 0 Å². The first-order valence-electron chi connectivity index (χ1n) is 6.68.